The number of halogens is 1. The molecule has 1 fully saturated rings. The summed E-state index contributed by atoms with van der Waals surface area (Å²) in [5, 5.41) is 0. The summed E-state index contributed by atoms with van der Waals surface area (Å²) in [7, 11) is 0. The molecule has 0 N–H and O–H groups in total. The van der Waals surface area contributed by atoms with Crippen molar-refractivity contribution in [2.75, 3.05) is 13.1 Å². The Balaban J connectivity index is 1.48. The molecule has 1 saturated heterocycles. The van der Waals surface area contributed by atoms with Gasteiger partial charge >= 0.3 is 0 Å². The molecule has 5 heteroatoms. The van der Waals surface area contributed by atoms with E-state index in [0.717, 1.165) is 23.9 Å². The summed E-state index contributed by atoms with van der Waals surface area (Å²) in [5.74, 6) is 0.809. The summed E-state index contributed by atoms with van der Waals surface area (Å²) in [4.78, 5) is 18.5. The first kappa shape index (κ1) is 17.0. The molecule has 0 bridgehead atoms. The topological polar surface area (TPSA) is 42.4 Å². The molecule has 1 aliphatic rings. The number of amides is 1. The van der Waals surface area contributed by atoms with Crippen LogP contribution in [0.15, 0.2) is 47.1 Å². The summed E-state index contributed by atoms with van der Waals surface area (Å²) in [6.45, 7) is 3.47. The second-order valence-electron chi connectivity index (χ2n) is 6.17. The Hall–Kier alpha value is -1.88. The third-order valence-electron chi connectivity index (χ3n) is 4.20. The van der Waals surface area contributed by atoms with E-state index in [-0.39, 0.29) is 12.0 Å². The van der Waals surface area contributed by atoms with E-state index in [4.69, 9.17) is 4.74 Å². The maximum Gasteiger partial charge on any atom is 0.223 e. The van der Waals surface area contributed by atoms with Gasteiger partial charge in [0.1, 0.15) is 6.10 Å². The highest BCUT2D eigenvalue weighted by Gasteiger charge is 2.27. The van der Waals surface area contributed by atoms with Gasteiger partial charge in [-0.25, -0.2) is 4.98 Å². The molecule has 0 aliphatic carbocycles. The predicted octanol–water partition coefficient (Wildman–Crippen LogP) is 3.77. The number of hydrogen-bond acceptors (Lipinski definition) is 3. The molecule has 4 nitrogen and oxygen atoms in total. The van der Waals surface area contributed by atoms with Crippen molar-refractivity contribution in [2.45, 2.75) is 32.3 Å². The molecule has 2 heterocycles. The van der Waals surface area contributed by atoms with Crippen LogP contribution in [0.3, 0.4) is 0 Å². The molecule has 0 saturated carbocycles. The molecule has 1 aromatic heterocycles. The van der Waals surface area contributed by atoms with Crippen LogP contribution in [0.5, 0.6) is 5.88 Å². The molecule has 0 spiro atoms. The lowest BCUT2D eigenvalue weighted by atomic mass is 10.1. The second-order valence-corrected chi connectivity index (χ2v) is 7.09. The van der Waals surface area contributed by atoms with Crippen molar-refractivity contribution in [3.05, 3.63) is 58.2 Å². The molecule has 2 aromatic rings. The minimum atomic E-state index is 0.0293. The summed E-state index contributed by atoms with van der Waals surface area (Å²) in [6.07, 6.45) is 3.94. The summed E-state index contributed by atoms with van der Waals surface area (Å²) < 4.78 is 6.79. The average Bonchev–Trinajstić information content (AvgIpc) is 3.03. The summed E-state index contributed by atoms with van der Waals surface area (Å²) in [6, 6.07) is 12.1. The van der Waals surface area contributed by atoms with Crippen molar-refractivity contribution >= 4 is 21.8 Å². The van der Waals surface area contributed by atoms with Crippen LogP contribution >= 0.6 is 15.9 Å². The number of ether oxygens (including phenoxy) is 1. The molecule has 1 unspecified atom stereocenters. The van der Waals surface area contributed by atoms with Gasteiger partial charge in [-0.1, -0.05) is 29.8 Å². The maximum absolute atomic E-state index is 12.4. The Morgan fingerprint density at radius 2 is 2.25 bits per heavy atom. The van der Waals surface area contributed by atoms with Gasteiger partial charge in [-0.3, -0.25) is 4.79 Å². The lowest BCUT2D eigenvalue weighted by molar-refractivity contribution is -0.130. The van der Waals surface area contributed by atoms with Crippen LogP contribution in [0.4, 0.5) is 0 Å². The van der Waals surface area contributed by atoms with Gasteiger partial charge in [-0.2, -0.15) is 0 Å². The van der Waals surface area contributed by atoms with Crippen molar-refractivity contribution < 1.29 is 9.53 Å². The zero-order valence-electron chi connectivity index (χ0n) is 13.7. The molecule has 3 rings (SSSR count). The normalized spacial score (nSPS) is 17.1. The molecule has 1 atom stereocenters. The van der Waals surface area contributed by atoms with Crippen molar-refractivity contribution in [3.63, 3.8) is 0 Å². The quantitative estimate of drug-likeness (QED) is 0.782. The number of likely N-dealkylation sites (tertiary alicyclic amines) is 1. The molecule has 1 aliphatic heterocycles. The molecule has 126 valence electrons. The van der Waals surface area contributed by atoms with Gasteiger partial charge < -0.3 is 9.64 Å². The fourth-order valence-corrected chi connectivity index (χ4v) is 3.17. The number of benzene rings is 1. The van der Waals surface area contributed by atoms with E-state index in [1.54, 1.807) is 6.20 Å². The minimum absolute atomic E-state index is 0.0293. The van der Waals surface area contributed by atoms with Crippen molar-refractivity contribution in [3.8, 4) is 5.88 Å². The Bertz CT molecular complexity index is 703. The number of carbonyl (C=O) groups is 1. The van der Waals surface area contributed by atoms with Gasteiger partial charge in [0.05, 0.1) is 6.54 Å². The van der Waals surface area contributed by atoms with Gasteiger partial charge in [0.25, 0.3) is 0 Å². The maximum atomic E-state index is 12.4. The molecule has 1 amide bonds. The van der Waals surface area contributed by atoms with Gasteiger partial charge in [0.2, 0.25) is 11.8 Å². The Morgan fingerprint density at radius 1 is 1.38 bits per heavy atom. The van der Waals surface area contributed by atoms with Crippen molar-refractivity contribution in [2.24, 2.45) is 0 Å². The number of hydrogen-bond donors (Lipinski definition) is 0. The second kappa shape index (κ2) is 7.79. The lowest BCUT2D eigenvalue weighted by Crippen LogP contribution is -2.31. The predicted molar refractivity (Wildman–Crippen MR) is 97.1 cm³/mol. The summed E-state index contributed by atoms with van der Waals surface area (Å²) in [5.41, 5.74) is 2.45. The number of nitrogens with zero attached hydrogens (tertiary/aromatic N) is 2. The SMILES string of the molecule is Cc1cccc(CCC(=O)N2CCC(Oc3ccc(Br)cn3)C2)c1. The van der Waals surface area contributed by atoms with Crippen LogP contribution in [0.25, 0.3) is 0 Å². The van der Waals surface area contributed by atoms with Crippen LogP contribution in [-0.4, -0.2) is 35.0 Å². The number of carbonyl (C=O) groups excluding carboxylic acids is 1. The Kier molecular flexibility index (Phi) is 5.51. The fraction of sp³-hybridized carbons (Fsp3) is 0.368. The van der Waals surface area contributed by atoms with Crippen molar-refractivity contribution in [1.29, 1.82) is 0 Å². The smallest absolute Gasteiger partial charge is 0.223 e. The number of pyridine rings is 1. The Labute approximate surface area is 151 Å². The first-order valence-corrected chi connectivity index (χ1v) is 9.01. The van der Waals surface area contributed by atoms with E-state index in [1.165, 1.54) is 11.1 Å². The lowest BCUT2D eigenvalue weighted by Gasteiger charge is -2.17. The van der Waals surface area contributed by atoms with E-state index < -0.39 is 0 Å². The number of aromatic nitrogens is 1. The highest BCUT2D eigenvalue weighted by molar-refractivity contribution is 9.10. The van der Waals surface area contributed by atoms with Gasteiger partial charge in [-0.15, -0.1) is 0 Å². The van der Waals surface area contributed by atoms with Gasteiger partial charge in [0, 0.05) is 36.1 Å². The molecule has 0 radical (unpaired) electrons. The zero-order chi connectivity index (χ0) is 16.9. The zero-order valence-corrected chi connectivity index (χ0v) is 15.3. The van der Waals surface area contributed by atoms with E-state index in [0.29, 0.717) is 18.8 Å². The first-order chi connectivity index (χ1) is 11.6. The van der Waals surface area contributed by atoms with E-state index >= 15 is 0 Å². The highest BCUT2D eigenvalue weighted by Crippen LogP contribution is 2.19. The fourth-order valence-electron chi connectivity index (χ4n) is 2.93. The van der Waals surface area contributed by atoms with Crippen LogP contribution in [0.2, 0.25) is 0 Å². The van der Waals surface area contributed by atoms with E-state index in [2.05, 4.69) is 46.0 Å². The first-order valence-electron chi connectivity index (χ1n) is 8.22. The van der Waals surface area contributed by atoms with Gasteiger partial charge in [0.15, 0.2) is 0 Å². The van der Waals surface area contributed by atoms with Gasteiger partial charge in [-0.05, 0) is 40.9 Å². The largest absolute Gasteiger partial charge is 0.472 e. The summed E-state index contributed by atoms with van der Waals surface area (Å²) >= 11 is 3.36. The minimum Gasteiger partial charge on any atom is -0.472 e. The number of aryl methyl sites for hydroxylation is 2. The average molecular weight is 389 g/mol. The molecule has 24 heavy (non-hydrogen) atoms. The van der Waals surface area contributed by atoms with Crippen molar-refractivity contribution in [1.82, 2.24) is 9.88 Å². The van der Waals surface area contributed by atoms with Crippen LogP contribution in [-0.2, 0) is 11.2 Å². The highest BCUT2D eigenvalue weighted by atomic mass is 79.9. The molecular formula is C19H21BrN2O2. The van der Waals surface area contributed by atoms with E-state index in [1.807, 2.05) is 23.1 Å². The molecule has 1 aromatic carbocycles. The van der Waals surface area contributed by atoms with E-state index in [9.17, 15) is 4.79 Å². The molecular weight excluding hydrogens is 368 g/mol. The Morgan fingerprint density at radius 3 is 3.00 bits per heavy atom. The third kappa shape index (κ3) is 4.57. The van der Waals surface area contributed by atoms with Crippen LogP contribution in [0, 0.1) is 6.92 Å². The third-order valence-corrected chi connectivity index (χ3v) is 4.66. The van der Waals surface area contributed by atoms with Crippen LogP contribution in [0.1, 0.15) is 24.0 Å². The van der Waals surface area contributed by atoms with Crippen LogP contribution < -0.4 is 4.74 Å². The number of rotatable bonds is 5. The monoisotopic (exact) mass is 388 g/mol. The standard InChI is InChI=1S/C19H21BrN2O2/c1-14-3-2-4-15(11-14)5-8-19(23)22-10-9-17(13-22)24-18-7-6-16(20)12-21-18/h2-4,6-7,11-12,17H,5,8-10,13H2,1H3.